The fourth-order valence-corrected chi connectivity index (χ4v) is 4.51. The standard InChI is InChI=1S/C17H18BrN3O2S2/c1-3-15-19-12(9-24-15)10-25-17-20-14-5-4-11(18)8-13(14)16(22)21(17)6-7-23-2/h4-5,8-9H,3,6-7,10H2,1-2H3. The van der Waals surface area contributed by atoms with Crippen LogP contribution in [0, 0.1) is 0 Å². The number of rotatable bonds is 7. The number of ether oxygens (including phenoxy) is 1. The van der Waals surface area contributed by atoms with Crippen LogP contribution < -0.4 is 5.56 Å². The number of nitrogens with zero attached hydrogens (tertiary/aromatic N) is 3. The molecule has 5 nitrogen and oxygen atoms in total. The first kappa shape index (κ1) is 18.6. The van der Waals surface area contributed by atoms with Crippen molar-refractivity contribution in [1.29, 1.82) is 0 Å². The Balaban J connectivity index is 1.96. The lowest BCUT2D eigenvalue weighted by Crippen LogP contribution is -2.25. The van der Waals surface area contributed by atoms with Crippen molar-refractivity contribution < 1.29 is 4.74 Å². The highest BCUT2D eigenvalue weighted by Crippen LogP contribution is 2.24. The van der Waals surface area contributed by atoms with Crippen LogP contribution in [0.15, 0.2) is 38.0 Å². The zero-order chi connectivity index (χ0) is 17.8. The first-order valence-electron chi connectivity index (χ1n) is 7.87. The summed E-state index contributed by atoms with van der Waals surface area (Å²) in [6, 6.07) is 5.58. The number of thiazole rings is 1. The van der Waals surface area contributed by atoms with E-state index >= 15 is 0 Å². The highest BCUT2D eigenvalue weighted by Gasteiger charge is 2.13. The number of hydrogen-bond acceptors (Lipinski definition) is 6. The average Bonchev–Trinajstić information content (AvgIpc) is 3.08. The maximum Gasteiger partial charge on any atom is 0.262 e. The third-order valence-corrected chi connectivity index (χ3v) is 6.20. The van der Waals surface area contributed by atoms with Gasteiger partial charge in [0, 0.05) is 22.7 Å². The molecule has 8 heteroatoms. The topological polar surface area (TPSA) is 57.0 Å². The van der Waals surface area contributed by atoms with Gasteiger partial charge in [0.25, 0.3) is 5.56 Å². The van der Waals surface area contributed by atoms with Gasteiger partial charge >= 0.3 is 0 Å². The highest BCUT2D eigenvalue weighted by molar-refractivity contribution is 9.10. The Labute approximate surface area is 162 Å². The Morgan fingerprint density at radius 3 is 2.92 bits per heavy atom. The zero-order valence-electron chi connectivity index (χ0n) is 14.0. The number of thioether (sulfide) groups is 1. The van der Waals surface area contributed by atoms with Gasteiger partial charge < -0.3 is 4.74 Å². The monoisotopic (exact) mass is 439 g/mol. The molecule has 0 fully saturated rings. The maximum atomic E-state index is 12.9. The van der Waals surface area contributed by atoms with Crippen molar-refractivity contribution in [2.45, 2.75) is 30.8 Å². The number of hydrogen-bond donors (Lipinski definition) is 0. The molecule has 0 saturated carbocycles. The van der Waals surface area contributed by atoms with Crippen molar-refractivity contribution in [1.82, 2.24) is 14.5 Å². The maximum absolute atomic E-state index is 12.9. The molecule has 132 valence electrons. The lowest BCUT2D eigenvalue weighted by molar-refractivity contribution is 0.183. The normalized spacial score (nSPS) is 11.3. The van der Waals surface area contributed by atoms with Gasteiger partial charge in [0.15, 0.2) is 5.16 Å². The van der Waals surface area contributed by atoms with Crippen LogP contribution in [0.2, 0.25) is 0 Å². The van der Waals surface area contributed by atoms with E-state index in [1.165, 1.54) is 11.8 Å². The van der Waals surface area contributed by atoms with E-state index in [2.05, 4.69) is 33.2 Å². The molecule has 0 spiro atoms. The summed E-state index contributed by atoms with van der Waals surface area (Å²) in [5.41, 5.74) is 1.69. The SMILES string of the molecule is CCc1nc(CSc2nc3ccc(Br)cc3c(=O)n2CCOC)cs1. The van der Waals surface area contributed by atoms with E-state index in [0.717, 1.165) is 21.6 Å². The summed E-state index contributed by atoms with van der Waals surface area (Å²) < 4.78 is 7.71. The molecule has 0 N–H and O–H groups in total. The van der Waals surface area contributed by atoms with Crippen molar-refractivity contribution in [3.63, 3.8) is 0 Å². The van der Waals surface area contributed by atoms with E-state index < -0.39 is 0 Å². The Hall–Kier alpha value is -1.22. The number of methoxy groups -OCH3 is 1. The second kappa shape index (κ2) is 8.44. The van der Waals surface area contributed by atoms with E-state index in [9.17, 15) is 4.79 Å². The van der Waals surface area contributed by atoms with Gasteiger partial charge in [-0.1, -0.05) is 34.6 Å². The van der Waals surface area contributed by atoms with Crippen LogP contribution in [0.1, 0.15) is 17.6 Å². The van der Waals surface area contributed by atoms with Crippen LogP contribution in [-0.2, 0) is 23.5 Å². The molecular weight excluding hydrogens is 422 g/mol. The van der Waals surface area contributed by atoms with Gasteiger partial charge in [-0.2, -0.15) is 0 Å². The van der Waals surface area contributed by atoms with Crippen LogP contribution in [0.5, 0.6) is 0 Å². The molecular formula is C17H18BrN3O2S2. The summed E-state index contributed by atoms with van der Waals surface area (Å²) in [5, 5.41) is 4.50. The van der Waals surface area contributed by atoms with Gasteiger partial charge in [-0.25, -0.2) is 9.97 Å². The van der Waals surface area contributed by atoms with Gasteiger partial charge in [-0.15, -0.1) is 11.3 Å². The lowest BCUT2D eigenvalue weighted by Gasteiger charge is -2.12. The van der Waals surface area contributed by atoms with Gasteiger partial charge in [0.2, 0.25) is 0 Å². The average molecular weight is 440 g/mol. The molecule has 0 unspecified atom stereocenters. The molecule has 0 amide bonds. The Bertz CT molecular complexity index is 939. The van der Waals surface area contributed by atoms with Crippen LogP contribution in [0.3, 0.4) is 0 Å². The number of halogens is 1. The van der Waals surface area contributed by atoms with E-state index in [4.69, 9.17) is 9.72 Å². The fraction of sp³-hybridized carbons (Fsp3) is 0.353. The number of benzene rings is 1. The van der Waals surface area contributed by atoms with Crippen molar-refractivity contribution in [3.8, 4) is 0 Å². The molecule has 3 aromatic rings. The molecule has 0 saturated heterocycles. The number of aromatic nitrogens is 3. The Morgan fingerprint density at radius 1 is 1.36 bits per heavy atom. The van der Waals surface area contributed by atoms with Crippen molar-refractivity contribution in [2.75, 3.05) is 13.7 Å². The largest absolute Gasteiger partial charge is 0.383 e. The molecule has 0 atom stereocenters. The van der Waals surface area contributed by atoms with Crippen molar-refractivity contribution in [3.05, 3.63) is 49.1 Å². The predicted molar refractivity (Wildman–Crippen MR) is 107 cm³/mol. The van der Waals surface area contributed by atoms with Crippen LogP contribution >= 0.6 is 39.0 Å². The molecule has 25 heavy (non-hydrogen) atoms. The smallest absolute Gasteiger partial charge is 0.262 e. The van der Waals surface area contributed by atoms with Gasteiger partial charge in [-0.3, -0.25) is 9.36 Å². The van der Waals surface area contributed by atoms with Crippen LogP contribution in [0.4, 0.5) is 0 Å². The Morgan fingerprint density at radius 2 is 2.20 bits per heavy atom. The first-order valence-corrected chi connectivity index (χ1v) is 10.5. The van der Waals surface area contributed by atoms with Crippen LogP contribution in [0.25, 0.3) is 10.9 Å². The minimum Gasteiger partial charge on any atom is -0.383 e. The predicted octanol–water partition coefficient (Wildman–Crippen LogP) is 4.12. The minimum atomic E-state index is -0.0432. The molecule has 0 radical (unpaired) electrons. The molecule has 1 aromatic carbocycles. The Kier molecular flexibility index (Phi) is 6.27. The fourth-order valence-electron chi connectivity index (χ4n) is 2.38. The molecule has 0 bridgehead atoms. The van der Waals surface area contributed by atoms with Gasteiger partial charge in [-0.05, 0) is 24.6 Å². The van der Waals surface area contributed by atoms with E-state index in [1.54, 1.807) is 23.0 Å². The molecule has 3 rings (SSSR count). The summed E-state index contributed by atoms with van der Waals surface area (Å²) in [6.07, 6.45) is 0.941. The quantitative estimate of drug-likeness (QED) is 0.409. The summed E-state index contributed by atoms with van der Waals surface area (Å²) in [7, 11) is 1.63. The summed E-state index contributed by atoms with van der Waals surface area (Å²) in [6.45, 7) is 3.04. The highest BCUT2D eigenvalue weighted by atomic mass is 79.9. The minimum absolute atomic E-state index is 0.0432. The molecule has 0 aliphatic rings. The summed E-state index contributed by atoms with van der Waals surface area (Å²) in [5.74, 6) is 0.692. The van der Waals surface area contributed by atoms with Crippen molar-refractivity contribution >= 4 is 49.9 Å². The summed E-state index contributed by atoms with van der Waals surface area (Å²) in [4.78, 5) is 22.2. The molecule has 2 aromatic heterocycles. The van der Waals surface area contributed by atoms with E-state index in [-0.39, 0.29) is 5.56 Å². The molecule has 2 heterocycles. The third kappa shape index (κ3) is 4.31. The zero-order valence-corrected chi connectivity index (χ0v) is 17.2. The second-order valence-corrected chi connectivity index (χ2v) is 8.18. The first-order chi connectivity index (χ1) is 12.1. The number of fused-ring (bicyclic) bond motifs is 1. The van der Waals surface area contributed by atoms with Crippen LogP contribution in [-0.4, -0.2) is 28.3 Å². The van der Waals surface area contributed by atoms with Gasteiger partial charge in [0.1, 0.15) is 0 Å². The second-order valence-electron chi connectivity index (χ2n) is 5.38. The summed E-state index contributed by atoms with van der Waals surface area (Å²) >= 11 is 6.63. The third-order valence-electron chi connectivity index (χ3n) is 3.65. The van der Waals surface area contributed by atoms with E-state index in [0.29, 0.717) is 35.0 Å². The van der Waals surface area contributed by atoms with E-state index in [1.807, 2.05) is 18.2 Å². The van der Waals surface area contributed by atoms with Gasteiger partial charge in [0.05, 0.1) is 34.8 Å². The van der Waals surface area contributed by atoms with Crippen molar-refractivity contribution in [2.24, 2.45) is 0 Å². The lowest BCUT2D eigenvalue weighted by atomic mass is 10.2. The molecule has 0 aliphatic heterocycles. The number of aryl methyl sites for hydroxylation is 1. The molecule has 0 aliphatic carbocycles.